The Bertz CT molecular complexity index is 396. The van der Waals surface area contributed by atoms with E-state index in [1.807, 2.05) is 0 Å². The van der Waals surface area contributed by atoms with E-state index in [4.69, 9.17) is 16.6 Å². The van der Waals surface area contributed by atoms with Crippen molar-refractivity contribution in [2.75, 3.05) is 5.73 Å². The van der Waals surface area contributed by atoms with Gasteiger partial charge in [0.25, 0.3) is 6.43 Å². The number of carboxylic acids is 1. The molecule has 7 heteroatoms. The lowest BCUT2D eigenvalue weighted by atomic mass is 10.1. The van der Waals surface area contributed by atoms with Crippen LogP contribution in [0.4, 0.5) is 14.5 Å². The predicted octanol–water partition coefficient (Wildman–Crippen LogP) is 0.758. The summed E-state index contributed by atoms with van der Waals surface area (Å²) in [6.07, 6.45) is -2.82. The Kier molecular flexibility index (Phi) is 3.15. The number of alkyl halides is 2. The maximum absolute atomic E-state index is 12.5. The zero-order valence-electron chi connectivity index (χ0n) is 7.58. The average Bonchev–Trinajstić information content (AvgIpc) is 2.15. The van der Waals surface area contributed by atoms with Crippen molar-refractivity contribution in [3.05, 3.63) is 23.0 Å². The topological polar surface area (TPSA) is 102 Å². The van der Waals surface area contributed by atoms with Crippen molar-refractivity contribution < 1.29 is 18.7 Å². The van der Waals surface area contributed by atoms with Gasteiger partial charge in [0.1, 0.15) is 0 Å². The maximum Gasteiger partial charge on any atom is 0.354 e. The fourth-order valence-electron chi connectivity index (χ4n) is 1.15. The summed E-state index contributed by atoms with van der Waals surface area (Å²) in [6.45, 7) is -0.287. The normalized spacial score (nSPS) is 10.7. The van der Waals surface area contributed by atoms with Crippen molar-refractivity contribution in [2.45, 2.75) is 13.0 Å². The minimum absolute atomic E-state index is 0.192. The zero-order valence-corrected chi connectivity index (χ0v) is 7.58. The van der Waals surface area contributed by atoms with Gasteiger partial charge in [0.05, 0.1) is 11.3 Å². The summed E-state index contributed by atoms with van der Waals surface area (Å²) >= 11 is 0. The molecular weight excluding hydrogens is 208 g/mol. The fourth-order valence-corrected chi connectivity index (χ4v) is 1.15. The zero-order chi connectivity index (χ0) is 11.6. The molecule has 0 saturated carbocycles. The second kappa shape index (κ2) is 4.18. The molecule has 0 bridgehead atoms. The highest BCUT2D eigenvalue weighted by molar-refractivity contribution is 5.86. The predicted molar refractivity (Wildman–Crippen MR) is 48.5 cm³/mol. The third kappa shape index (κ3) is 2.18. The molecule has 1 aromatic heterocycles. The van der Waals surface area contributed by atoms with Crippen molar-refractivity contribution in [2.24, 2.45) is 5.73 Å². The van der Waals surface area contributed by atoms with E-state index < -0.39 is 23.7 Å². The minimum Gasteiger partial charge on any atom is -0.477 e. The molecule has 0 aliphatic carbocycles. The summed E-state index contributed by atoms with van der Waals surface area (Å²) in [5.74, 6) is -1.34. The smallest absolute Gasteiger partial charge is 0.354 e. The first kappa shape index (κ1) is 11.3. The van der Waals surface area contributed by atoms with Crippen molar-refractivity contribution in [3.63, 3.8) is 0 Å². The van der Waals surface area contributed by atoms with E-state index in [1.165, 1.54) is 0 Å². The maximum atomic E-state index is 12.5. The number of pyridine rings is 1. The Balaban J connectivity index is 3.37. The molecular formula is C8H9F2N3O2. The highest BCUT2D eigenvalue weighted by Gasteiger charge is 2.20. The molecule has 1 heterocycles. The number of nitrogen functional groups attached to an aromatic ring is 1. The van der Waals surface area contributed by atoms with Gasteiger partial charge in [-0.15, -0.1) is 0 Å². The SMILES string of the molecule is NCc1nc(C(=O)O)cc(N)c1C(F)F. The molecule has 5 N–H and O–H groups in total. The van der Waals surface area contributed by atoms with Crippen LogP contribution in [0.1, 0.15) is 28.2 Å². The number of nitrogens with two attached hydrogens (primary N) is 2. The lowest BCUT2D eigenvalue weighted by Gasteiger charge is -2.10. The number of carboxylic acid groups (broad SMARTS) is 1. The van der Waals surface area contributed by atoms with Gasteiger partial charge in [0.15, 0.2) is 5.69 Å². The molecule has 0 saturated heterocycles. The molecule has 15 heavy (non-hydrogen) atoms. The van der Waals surface area contributed by atoms with Crippen LogP contribution in [0.3, 0.4) is 0 Å². The second-order valence-corrected chi connectivity index (χ2v) is 2.77. The lowest BCUT2D eigenvalue weighted by molar-refractivity contribution is 0.0689. The number of aromatic nitrogens is 1. The number of anilines is 1. The number of rotatable bonds is 3. The van der Waals surface area contributed by atoms with Gasteiger partial charge in [0, 0.05) is 12.2 Å². The van der Waals surface area contributed by atoms with Crippen LogP contribution in [0, 0.1) is 0 Å². The molecule has 0 aliphatic heterocycles. The standard InChI is InChI=1S/C8H9F2N3O2/c9-7(10)6-3(12)1-4(8(14)15)13-5(6)2-11/h1,7H,2,11H2,(H2,12,13)(H,14,15). The van der Waals surface area contributed by atoms with Gasteiger partial charge in [-0.1, -0.05) is 0 Å². The van der Waals surface area contributed by atoms with Crippen LogP contribution in [0.5, 0.6) is 0 Å². The van der Waals surface area contributed by atoms with Crippen molar-refractivity contribution in [1.82, 2.24) is 4.98 Å². The third-order valence-electron chi connectivity index (χ3n) is 1.80. The van der Waals surface area contributed by atoms with E-state index in [2.05, 4.69) is 4.98 Å². The van der Waals surface area contributed by atoms with E-state index in [0.717, 1.165) is 6.07 Å². The molecule has 0 aromatic carbocycles. The number of carbonyl (C=O) groups is 1. The molecule has 0 spiro atoms. The van der Waals surface area contributed by atoms with Gasteiger partial charge in [-0.3, -0.25) is 0 Å². The van der Waals surface area contributed by atoms with Crippen molar-refractivity contribution in [1.29, 1.82) is 0 Å². The molecule has 82 valence electrons. The van der Waals surface area contributed by atoms with Crippen molar-refractivity contribution >= 4 is 11.7 Å². The first-order chi connectivity index (χ1) is 6.97. The van der Waals surface area contributed by atoms with E-state index in [0.29, 0.717) is 0 Å². The van der Waals surface area contributed by atoms with Gasteiger partial charge < -0.3 is 16.6 Å². The molecule has 0 radical (unpaired) electrons. The Morgan fingerprint density at radius 2 is 2.20 bits per heavy atom. The van der Waals surface area contributed by atoms with Crippen LogP contribution in [0.15, 0.2) is 6.07 Å². The highest BCUT2D eigenvalue weighted by Crippen LogP contribution is 2.28. The molecule has 0 atom stereocenters. The number of hydrogen-bond acceptors (Lipinski definition) is 4. The van der Waals surface area contributed by atoms with Gasteiger partial charge in [-0.25, -0.2) is 18.6 Å². The Hall–Kier alpha value is -1.76. The summed E-state index contributed by atoms with van der Waals surface area (Å²) in [7, 11) is 0. The fraction of sp³-hybridized carbons (Fsp3) is 0.250. The largest absolute Gasteiger partial charge is 0.477 e. The second-order valence-electron chi connectivity index (χ2n) is 2.77. The molecule has 5 nitrogen and oxygen atoms in total. The van der Waals surface area contributed by atoms with E-state index in [-0.39, 0.29) is 17.9 Å². The van der Waals surface area contributed by atoms with Gasteiger partial charge >= 0.3 is 5.97 Å². The molecule has 1 aromatic rings. The summed E-state index contributed by atoms with van der Waals surface area (Å²) in [4.78, 5) is 14.0. The monoisotopic (exact) mass is 217 g/mol. The van der Waals surface area contributed by atoms with Crippen LogP contribution in [0.25, 0.3) is 0 Å². The Labute approximate surface area is 83.7 Å². The minimum atomic E-state index is -2.82. The number of halogens is 2. The van der Waals surface area contributed by atoms with Crippen LogP contribution in [-0.2, 0) is 6.54 Å². The first-order valence-electron chi connectivity index (χ1n) is 3.98. The summed E-state index contributed by atoms with van der Waals surface area (Å²) in [5.41, 5.74) is 9.09. The van der Waals surface area contributed by atoms with Crippen LogP contribution in [0.2, 0.25) is 0 Å². The third-order valence-corrected chi connectivity index (χ3v) is 1.80. The van der Waals surface area contributed by atoms with Gasteiger partial charge in [-0.05, 0) is 6.07 Å². The van der Waals surface area contributed by atoms with E-state index in [1.54, 1.807) is 0 Å². The molecule has 0 unspecified atom stereocenters. The number of aromatic carboxylic acids is 1. The van der Waals surface area contributed by atoms with Crippen LogP contribution >= 0.6 is 0 Å². The molecule has 0 aliphatic rings. The quantitative estimate of drug-likeness (QED) is 0.693. The summed E-state index contributed by atoms with van der Waals surface area (Å²) in [5, 5.41) is 8.61. The number of hydrogen-bond donors (Lipinski definition) is 3. The molecule has 0 fully saturated rings. The highest BCUT2D eigenvalue weighted by atomic mass is 19.3. The summed E-state index contributed by atoms with van der Waals surface area (Å²) in [6, 6.07) is 0.892. The molecule has 0 amide bonds. The summed E-state index contributed by atoms with van der Waals surface area (Å²) < 4.78 is 25.0. The van der Waals surface area contributed by atoms with E-state index >= 15 is 0 Å². The van der Waals surface area contributed by atoms with E-state index in [9.17, 15) is 13.6 Å². The lowest BCUT2D eigenvalue weighted by Crippen LogP contribution is -2.12. The first-order valence-corrected chi connectivity index (χ1v) is 3.98. The molecule has 1 rings (SSSR count). The van der Waals surface area contributed by atoms with Crippen LogP contribution < -0.4 is 11.5 Å². The van der Waals surface area contributed by atoms with Crippen LogP contribution in [-0.4, -0.2) is 16.1 Å². The Morgan fingerprint density at radius 1 is 1.60 bits per heavy atom. The van der Waals surface area contributed by atoms with Gasteiger partial charge in [-0.2, -0.15) is 0 Å². The van der Waals surface area contributed by atoms with Crippen molar-refractivity contribution in [3.8, 4) is 0 Å². The van der Waals surface area contributed by atoms with Gasteiger partial charge in [0.2, 0.25) is 0 Å². The Morgan fingerprint density at radius 3 is 2.60 bits per heavy atom. The average molecular weight is 217 g/mol. The number of nitrogens with zero attached hydrogens (tertiary/aromatic N) is 1.